The molecule has 25 heavy (non-hydrogen) atoms. The van der Waals surface area contributed by atoms with E-state index in [4.69, 9.17) is 23.8 Å². The topological polar surface area (TPSA) is 66.6 Å². The zero-order valence-electron chi connectivity index (χ0n) is 12.9. The number of nitrogens with zero attached hydrogens (tertiary/aromatic N) is 2. The molecule has 2 aromatic carbocycles. The second-order valence-corrected chi connectivity index (χ2v) is 6.47. The van der Waals surface area contributed by atoms with Crippen LogP contribution >= 0.6 is 23.8 Å². The lowest BCUT2D eigenvalue weighted by Gasteiger charge is -2.08. The highest BCUT2D eigenvalue weighted by Crippen LogP contribution is 2.33. The summed E-state index contributed by atoms with van der Waals surface area (Å²) >= 11 is 10.9. The Bertz CT molecular complexity index is 1050. The Labute approximate surface area is 153 Å². The molecule has 3 aromatic rings. The Hall–Kier alpha value is -2.70. The van der Waals surface area contributed by atoms with Crippen molar-refractivity contribution in [1.29, 1.82) is 0 Å². The smallest absolute Gasteiger partial charge is 0.277 e. The standard InChI is InChI=1S/C18H12ClN3O2S/c19-11-7-5-10(6-8-11)9-22-13-4-2-1-3-12(13)14(17(22)24)15-16(23)21-18(25)20-15/h1-8,24H,9H2,(H,21,23,25). The van der Waals surface area contributed by atoms with E-state index in [1.807, 2.05) is 36.4 Å². The second kappa shape index (κ2) is 5.98. The molecule has 0 saturated heterocycles. The minimum absolute atomic E-state index is 0.0187. The van der Waals surface area contributed by atoms with Crippen LogP contribution in [-0.4, -0.2) is 26.4 Å². The number of carbonyl (C=O) groups excluding carboxylic acids is 1. The number of nitrogens with one attached hydrogen (secondary N) is 1. The summed E-state index contributed by atoms with van der Waals surface area (Å²) in [6, 6.07) is 14.9. The number of benzene rings is 2. The first kappa shape index (κ1) is 15.8. The molecule has 1 aromatic heterocycles. The molecule has 0 aliphatic carbocycles. The summed E-state index contributed by atoms with van der Waals surface area (Å²) in [6.45, 7) is 0.433. The average molecular weight is 370 g/mol. The summed E-state index contributed by atoms with van der Waals surface area (Å²) in [5.41, 5.74) is 2.30. The molecule has 4 rings (SSSR count). The largest absolute Gasteiger partial charge is 0.494 e. The molecule has 2 heterocycles. The lowest BCUT2D eigenvalue weighted by Crippen LogP contribution is -2.25. The van der Waals surface area contributed by atoms with Crippen LogP contribution in [0.3, 0.4) is 0 Å². The molecule has 2 N–H and O–H groups in total. The van der Waals surface area contributed by atoms with Gasteiger partial charge in [0.15, 0.2) is 0 Å². The number of para-hydroxylation sites is 1. The highest BCUT2D eigenvalue weighted by atomic mass is 35.5. The van der Waals surface area contributed by atoms with E-state index in [-0.39, 0.29) is 16.7 Å². The van der Waals surface area contributed by atoms with Crippen molar-refractivity contribution in [1.82, 2.24) is 9.88 Å². The third-order valence-electron chi connectivity index (χ3n) is 4.08. The van der Waals surface area contributed by atoms with Gasteiger partial charge in [-0.1, -0.05) is 41.9 Å². The molecule has 0 saturated carbocycles. The molecule has 5 nitrogen and oxygen atoms in total. The van der Waals surface area contributed by atoms with E-state index in [1.165, 1.54) is 0 Å². The fourth-order valence-corrected chi connectivity index (χ4v) is 3.27. The van der Waals surface area contributed by atoms with Gasteiger partial charge in [-0.05, 0) is 36.0 Å². The lowest BCUT2D eigenvalue weighted by atomic mass is 10.1. The first-order valence-corrected chi connectivity index (χ1v) is 8.32. The Morgan fingerprint density at radius 2 is 1.88 bits per heavy atom. The van der Waals surface area contributed by atoms with Crippen molar-refractivity contribution in [3.8, 4) is 5.88 Å². The molecule has 124 valence electrons. The van der Waals surface area contributed by atoms with Gasteiger partial charge in [0.1, 0.15) is 5.71 Å². The predicted octanol–water partition coefficient (Wildman–Crippen LogP) is 3.25. The monoisotopic (exact) mass is 369 g/mol. The molecule has 0 atom stereocenters. The summed E-state index contributed by atoms with van der Waals surface area (Å²) in [4.78, 5) is 16.2. The molecule has 0 fully saturated rings. The maximum Gasteiger partial charge on any atom is 0.277 e. The van der Waals surface area contributed by atoms with Gasteiger partial charge in [-0.15, -0.1) is 0 Å². The van der Waals surface area contributed by atoms with E-state index in [9.17, 15) is 9.90 Å². The Morgan fingerprint density at radius 1 is 1.16 bits per heavy atom. The number of aromatic nitrogens is 1. The number of hydrogen-bond acceptors (Lipinski definition) is 3. The van der Waals surface area contributed by atoms with E-state index in [2.05, 4.69) is 10.3 Å². The van der Waals surface area contributed by atoms with Crippen LogP contribution in [0, 0.1) is 0 Å². The Balaban J connectivity index is 1.90. The lowest BCUT2D eigenvalue weighted by molar-refractivity contribution is -0.113. The molecule has 0 spiro atoms. The van der Waals surface area contributed by atoms with Crippen LogP contribution in [0.25, 0.3) is 10.9 Å². The van der Waals surface area contributed by atoms with Crippen molar-refractivity contribution >= 4 is 51.5 Å². The summed E-state index contributed by atoms with van der Waals surface area (Å²) in [5.74, 6) is -0.426. The second-order valence-electron chi connectivity index (χ2n) is 5.65. The van der Waals surface area contributed by atoms with E-state index in [0.29, 0.717) is 17.1 Å². The van der Waals surface area contributed by atoms with Crippen molar-refractivity contribution in [2.75, 3.05) is 0 Å². The van der Waals surface area contributed by atoms with Crippen molar-refractivity contribution in [2.45, 2.75) is 6.54 Å². The SMILES string of the molecule is O=C1NC(=S)N=C1c1c(O)n(Cc2ccc(Cl)cc2)c2ccccc12. The number of halogens is 1. The van der Waals surface area contributed by atoms with Gasteiger partial charge in [0.25, 0.3) is 5.91 Å². The molecule has 0 radical (unpaired) electrons. The maximum atomic E-state index is 12.1. The summed E-state index contributed by atoms with van der Waals surface area (Å²) in [6.07, 6.45) is 0. The molecular weight excluding hydrogens is 358 g/mol. The highest BCUT2D eigenvalue weighted by Gasteiger charge is 2.29. The zero-order valence-corrected chi connectivity index (χ0v) is 14.4. The van der Waals surface area contributed by atoms with Crippen molar-refractivity contribution in [2.24, 2.45) is 4.99 Å². The molecule has 1 aliphatic rings. The first-order chi connectivity index (χ1) is 12.0. The Morgan fingerprint density at radius 3 is 2.56 bits per heavy atom. The third kappa shape index (κ3) is 2.69. The number of carbonyl (C=O) groups is 1. The summed E-state index contributed by atoms with van der Waals surface area (Å²) < 4.78 is 1.74. The van der Waals surface area contributed by atoms with Crippen LogP contribution in [0.4, 0.5) is 0 Å². The number of amides is 1. The van der Waals surface area contributed by atoms with Gasteiger partial charge in [-0.2, -0.15) is 0 Å². The first-order valence-electron chi connectivity index (χ1n) is 7.53. The van der Waals surface area contributed by atoms with Gasteiger partial charge in [0.2, 0.25) is 11.0 Å². The van der Waals surface area contributed by atoms with Gasteiger partial charge in [-0.3, -0.25) is 10.1 Å². The summed E-state index contributed by atoms with van der Waals surface area (Å²) in [5, 5.41) is 14.8. The number of rotatable bonds is 3. The summed E-state index contributed by atoms with van der Waals surface area (Å²) in [7, 11) is 0. The molecule has 1 amide bonds. The minimum Gasteiger partial charge on any atom is -0.494 e. The van der Waals surface area contributed by atoms with E-state index >= 15 is 0 Å². The normalized spacial score (nSPS) is 14.0. The fourth-order valence-electron chi connectivity index (χ4n) is 2.96. The van der Waals surface area contributed by atoms with Gasteiger partial charge in [0, 0.05) is 10.4 Å². The van der Waals surface area contributed by atoms with Crippen LogP contribution in [0.1, 0.15) is 11.1 Å². The van der Waals surface area contributed by atoms with Crippen LogP contribution in [0.15, 0.2) is 53.5 Å². The van der Waals surface area contributed by atoms with Crippen LogP contribution in [0.2, 0.25) is 5.02 Å². The van der Waals surface area contributed by atoms with Crippen LogP contribution in [-0.2, 0) is 11.3 Å². The van der Waals surface area contributed by atoms with Gasteiger partial charge >= 0.3 is 0 Å². The van der Waals surface area contributed by atoms with Crippen molar-refractivity contribution in [3.05, 3.63) is 64.7 Å². The van der Waals surface area contributed by atoms with Crippen molar-refractivity contribution < 1.29 is 9.90 Å². The molecule has 7 heteroatoms. The molecular formula is C18H12ClN3O2S. The molecule has 0 unspecified atom stereocenters. The number of aliphatic imine (C=N–C) groups is 1. The molecule has 0 bridgehead atoms. The van der Waals surface area contributed by atoms with Gasteiger partial charge in [0.05, 0.1) is 17.6 Å². The third-order valence-corrected chi connectivity index (χ3v) is 4.53. The number of fused-ring (bicyclic) bond motifs is 1. The fraction of sp³-hybridized carbons (Fsp3) is 0.0556. The average Bonchev–Trinajstić information content (AvgIpc) is 3.06. The van der Waals surface area contributed by atoms with Crippen molar-refractivity contribution in [3.63, 3.8) is 0 Å². The minimum atomic E-state index is -0.408. The number of hydrogen-bond donors (Lipinski definition) is 2. The molecule has 1 aliphatic heterocycles. The van der Waals surface area contributed by atoms with Crippen LogP contribution in [0.5, 0.6) is 5.88 Å². The Kier molecular flexibility index (Phi) is 3.78. The zero-order chi connectivity index (χ0) is 17.6. The van der Waals surface area contributed by atoms with E-state index < -0.39 is 5.91 Å². The number of thiocarbonyl (C=S) groups is 1. The van der Waals surface area contributed by atoms with Crippen LogP contribution < -0.4 is 5.32 Å². The highest BCUT2D eigenvalue weighted by molar-refractivity contribution is 7.80. The quantitative estimate of drug-likeness (QED) is 0.696. The maximum absolute atomic E-state index is 12.1. The predicted molar refractivity (Wildman–Crippen MR) is 101 cm³/mol. The van der Waals surface area contributed by atoms with Gasteiger partial charge in [-0.25, -0.2) is 4.99 Å². The van der Waals surface area contributed by atoms with E-state index in [1.54, 1.807) is 16.7 Å². The van der Waals surface area contributed by atoms with E-state index in [0.717, 1.165) is 16.5 Å². The number of aromatic hydroxyl groups is 1. The van der Waals surface area contributed by atoms with Gasteiger partial charge < -0.3 is 9.67 Å².